The number of amides is 1. The van der Waals surface area contributed by atoms with E-state index in [9.17, 15) is 18.0 Å². The summed E-state index contributed by atoms with van der Waals surface area (Å²) in [6, 6.07) is 3.10. The number of nitrogens with one attached hydrogen (secondary N) is 1. The van der Waals surface area contributed by atoms with Crippen molar-refractivity contribution in [1.29, 1.82) is 0 Å². The fraction of sp³-hybridized carbons (Fsp3) is 0.400. The van der Waals surface area contributed by atoms with Gasteiger partial charge in [0.2, 0.25) is 5.91 Å². The minimum Gasteiger partial charge on any atom is -0.350 e. The fourth-order valence-corrected chi connectivity index (χ4v) is 2.18. The molecular weight excluding hydrogens is 303 g/mol. The first-order chi connectivity index (χ1) is 9.77. The van der Waals surface area contributed by atoms with Crippen LogP contribution in [0.4, 0.5) is 13.2 Å². The Hall–Kier alpha value is -1.49. The number of halogens is 4. The number of alkyl halides is 3. The molecule has 2 nitrogen and oxygen atoms in total. The second-order valence-electron chi connectivity index (χ2n) is 5.20. The largest absolute Gasteiger partial charge is 0.416 e. The third kappa shape index (κ3) is 4.49. The fourth-order valence-electron chi connectivity index (χ4n) is 2.00. The number of hydrogen-bond donors (Lipinski definition) is 1. The predicted octanol–water partition coefficient (Wildman–Crippen LogP) is 4.29. The van der Waals surface area contributed by atoms with Crippen molar-refractivity contribution in [2.24, 2.45) is 5.92 Å². The zero-order valence-electron chi connectivity index (χ0n) is 11.4. The van der Waals surface area contributed by atoms with Gasteiger partial charge in [-0.25, -0.2) is 0 Å². The maximum atomic E-state index is 12.6. The molecule has 0 aliphatic heterocycles. The van der Waals surface area contributed by atoms with Crippen LogP contribution in [0.2, 0.25) is 5.02 Å². The van der Waals surface area contributed by atoms with Crippen molar-refractivity contribution < 1.29 is 18.0 Å². The summed E-state index contributed by atoms with van der Waals surface area (Å²) >= 11 is 5.85. The summed E-state index contributed by atoms with van der Waals surface area (Å²) in [5.41, 5.74) is -0.626. The highest BCUT2D eigenvalue weighted by Crippen LogP contribution is 2.33. The van der Waals surface area contributed by atoms with Gasteiger partial charge >= 0.3 is 6.18 Å². The van der Waals surface area contributed by atoms with Crippen molar-refractivity contribution in [3.05, 3.63) is 40.4 Å². The lowest BCUT2D eigenvalue weighted by atomic mass is 10.1. The normalized spacial score (nSPS) is 17.0. The summed E-state index contributed by atoms with van der Waals surface area (Å²) in [5.74, 6) is 0.183. The Morgan fingerprint density at radius 3 is 2.67 bits per heavy atom. The van der Waals surface area contributed by atoms with Crippen LogP contribution in [0, 0.1) is 5.92 Å². The van der Waals surface area contributed by atoms with E-state index in [1.165, 1.54) is 18.2 Å². The van der Waals surface area contributed by atoms with Gasteiger partial charge in [0.25, 0.3) is 0 Å². The van der Waals surface area contributed by atoms with Crippen LogP contribution in [0.5, 0.6) is 0 Å². The molecule has 1 unspecified atom stereocenters. The third-order valence-corrected chi connectivity index (χ3v) is 3.78. The van der Waals surface area contributed by atoms with E-state index in [0.29, 0.717) is 5.92 Å². The number of hydrogen-bond acceptors (Lipinski definition) is 1. The first-order valence-corrected chi connectivity index (χ1v) is 7.00. The molecule has 0 bridgehead atoms. The lowest BCUT2D eigenvalue weighted by Crippen LogP contribution is -2.32. The standard InChI is InChI=1S/C15H15ClF3NO/c1-9(10-2-3-10)20-14(21)7-4-11-8-12(15(17,18)19)5-6-13(11)16/h4-10H,2-3H2,1H3,(H,20,21)/b7-4+. The number of carbonyl (C=O) groups is 1. The molecule has 1 aliphatic rings. The number of carbonyl (C=O) groups excluding carboxylic acids is 1. The van der Waals surface area contributed by atoms with Gasteiger partial charge in [-0.05, 0) is 55.5 Å². The minimum atomic E-state index is -4.43. The van der Waals surface area contributed by atoms with Gasteiger partial charge in [-0.1, -0.05) is 11.6 Å². The van der Waals surface area contributed by atoms with Crippen LogP contribution >= 0.6 is 11.6 Å². The second-order valence-corrected chi connectivity index (χ2v) is 5.61. The van der Waals surface area contributed by atoms with Gasteiger partial charge < -0.3 is 5.32 Å². The van der Waals surface area contributed by atoms with E-state index >= 15 is 0 Å². The number of rotatable bonds is 4. The Bertz CT molecular complexity index is 565. The molecule has 114 valence electrons. The van der Waals surface area contributed by atoms with E-state index in [1.54, 1.807) is 0 Å². The average molecular weight is 318 g/mol. The van der Waals surface area contributed by atoms with E-state index < -0.39 is 11.7 Å². The first-order valence-electron chi connectivity index (χ1n) is 6.62. The van der Waals surface area contributed by atoms with Crippen LogP contribution in [-0.4, -0.2) is 11.9 Å². The van der Waals surface area contributed by atoms with Crippen LogP contribution < -0.4 is 5.32 Å². The van der Waals surface area contributed by atoms with Crippen LogP contribution in [-0.2, 0) is 11.0 Å². The molecule has 2 rings (SSSR count). The summed E-state index contributed by atoms with van der Waals surface area (Å²) in [7, 11) is 0. The molecular formula is C15H15ClF3NO. The van der Waals surface area contributed by atoms with Gasteiger partial charge in [0.05, 0.1) is 5.56 Å². The summed E-state index contributed by atoms with van der Waals surface area (Å²) in [6.07, 6.45) is 0.276. The van der Waals surface area contributed by atoms with E-state index in [-0.39, 0.29) is 22.5 Å². The van der Waals surface area contributed by atoms with Crippen molar-refractivity contribution in [1.82, 2.24) is 5.32 Å². The topological polar surface area (TPSA) is 29.1 Å². The molecule has 6 heteroatoms. The Morgan fingerprint density at radius 1 is 1.43 bits per heavy atom. The lowest BCUT2D eigenvalue weighted by Gasteiger charge is -2.10. The molecule has 1 N–H and O–H groups in total. The maximum absolute atomic E-state index is 12.6. The lowest BCUT2D eigenvalue weighted by molar-refractivity contribution is -0.137. The molecule has 1 aromatic carbocycles. The van der Waals surface area contributed by atoms with Crippen LogP contribution in [0.15, 0.2) is 24.3 Å². The van der Waals surface area contributed by atoms with E-state index in [0.717, 1.165) is 25.0 Å². The third-order valence-electron chi connectivity index (χ3n) is 3.44. The molecule has 1 atom stereocenters. The average Bonchev–Trinajstić information content (AvgIpc) is 3.20. The molecule has 1 fully saturated rings. The molecule has 1 amide bonds. The number of benzene rings is 1. The zero-order valence-corrected chi connectivity index (χ0v) is 12.1. The predicted molar refractivity (Wildman–Crippen MR) is 75.8 cm³/mol. The van der Waals surface area contributed by atoms with Crippen molar-refractivity contribution in [3.63, 3.8) is 0 Å². The summed E-state index contributed by atoms with van der Waals surface area (Å²) < 4.78 is 37.9. The van der Waals surface area contributed by atoms with Crippen molar-refractivity contribution in [2.45, 2.75) is 32.0 Å². The van der Waals surface area contributed by atoms with Gasteiger partial charge in [0, 0.05) is 17.1 Å². The van der Waals surface area contributed by atoms with Gasteiger partial charge in [0.1, 0.15) is 0 Å². The highest BCUT2D eigenvalue weighted by molar-refractivity contribution is 6.32. The second kappa shape index (κ2) is 6.10. The first kappa shape index (κ1) is 15.9. The Kier molecular flexibility index (Phi) is 4.61. The van der Waals surface area contributed by atoms with Gasteiger partial charge in [-0.2, -0.15) is 13.2 Å². The molecule has 1 aliphatic carbocycles. The molecule has 0 aromatic heterocycles. The molecule has 1 aromatic rings. The van der Waals surface area contributed by atoms with Crippen LogP contribution in [0.25, 0.3) is 6.08 Å². The van der Waals surface area contributed by atoms with E-state index in [4.69, 9.17) is 11.6 Å². The monoisotopic (exact) mass is 317 g/mol. The van der Waals surface area contributed by atoms with Crippen molar-refractivity contribution in [2.75, 3.05) is 0 Å². The Labute approximate surface area is 126 Å². The summed E-state index contributed by atoms with van der Waals surface area (Å²) in [5, 5.41) is 2.95. The van der Waals surface area contributed by atoms with Crippen molar-refractivity contribution >= 4 is 23.6 Å². The molecule has 0 radical (unpaired) electrons. The van der Waals surface area contributed by atoms with Gasteiger partial charge in [-0.15, -0.1) is 0 Å². The van der Waals surface area contributed by atoms with E-state index in [2.05, 4.69) is 5.32 Å². The SMILES string of the molecule is CC(NC(=O)/C=C/c1cc(C(F)(F)F)ccc1Cl)C1CC1. The molecule has 21 heavy (non-hydrogen) atoms. The van der Waals surface area contributed by atoms with Gasteiger partial charge in [0.15, 0.2) is 0 Å². The van der Waals surface area contributed by atoms with E-state index in [1.807, 2.05) is 6.92 Å². The quantitative estimate of drug-likeness (QED) is 0.825. The van der Waals surface area contributed by atoms with Crippen molar-refractivity contribution in [3.8, 4) is 0 Å². The highest BCUT2D eigenvalue weighted by Gasteiger charge is 2.31. The smallest absolute Gasteiger partial charge is 0.350 e. The minimum absolute atomic E-state index is 0.0825. The zero-order chi connectivity index (χ0) is 15.6. The highest BCUT2D eigenvalue weighted by atomic mass is 35.5. The van der Waals surface area contributed by atoms with Gasteiger partial charge in [-0.3, -0.25) is 4.79 Å². The Morgan fingerprint density at radius 2 is 2.10 bits per heavy atom. The van der Waals surface area contributed by atoms with Crippen LogP contribution in [0.1, 0.15) is 30.9 Å². The maximum Gasteiger partial charge on any atom is 0.416 e. The molecule has 0 heterocycles. The molecule has 1 saturated carbocycles. The molecule has 0 saturated heterocycles. The summed E-state index contributed by atoms with van der Waals surface area (Å²) in [4.78, 5) is 11.7. The molecule has 0 spiro atoms. The summed E-state index contributed by atoms with van der Waals surface area (Å²) in [6.45, 7) is 1.92. The Balaban J connectivity index is 2.07. The van der Waals surface area contributed by atoms with Crippen LogP contribution in [0.3, 0.4) is 0 Å².